The first-order chi connectivity index (χ1) is 7.28. The Morgan fingerprint density at radius 3 is 2.60 bits per heavy atom. The fraction of sp³-hybridized carbons (Fsp3) is 0.182. The molecule has 2 rings (SSSR count). The Bertz CT molecular complexity index is 436. The van der Waals surface area contributed by atoms with E-state index in [0.29, 0.717) is 6.54 Å². The van der Waals surface area contributed by atoms with Crippen LogP contribution in [0, 0.1) is 0 Å². The summed E-state index contributed by atoms with van der Waals surface area (Å²) in [4.78, 5) is 5.47. The van der Waals surface area contributed by atoms with Gasteiger partial charge in [0.25, 0.3) is 0 Å². The smallest absolute Gasteiger partial charge is 0.0971 e. The molecule has 1 aromatic carbocycles. The van der Waals surface area contributed by atoms with Crippen molar-refractivity contribution in [3.05, 3.63) is 50.4 Å². The Morgan fingerprint density at radius 2 is 2.00 bits per heavy atom. The van der Waals surface area contributed by atoms with Crippen molar-refractivity contribution < 1.29 is 0 Å². The average Bonchev–Trinajstić information content (AvgIpc) is 2.69. The first-order valence-corrected chi connectivity index (χ1v) is 6.27. The van der Waals surface area contributed by atoms with E-state index in [2.05, 4.69) is 33.0 Å². The van der Waals surface area contributed by atoms with Gasteiger partial charge in [0, 0.05) is 28.5 Å². The number of hydrogen-bond acceptors (Lipinski definition) is 3. The lowest BCUT2D eigenvalue weighted by Gasteiger charge is -1.97. The number of thiazole rings is 1. The summed E-state index contributed by atoms with van der Waals surface area (Å²) in [6, 6.07) is 8.31. The summed E-state index contributed by atoms with van der Waals surface area (Å²) >= 11 is 5.10. The second-order valence-electron chi connectivity index (χ2n) is 3.23. The minimum absolute atomic E-state index is 0.581. The van der Waals surface area contributed by atoms with E-state index in [1.807, 2.05) is 18.3 Å². The second kappa shape index (κ2) is 4.88. The minimum Gasteiger partial charge on any atom is -0.326 e. The van der Waals surface area contributed by atoms with Crippen molar-refractivity contribution in [2.45, 2.75) is 13.0 Å². The van der Waals surface area contributed by atoms with Gasteiger partial charge in [-0.3, -0.25) is 0 Å². The SMILES string of the molecule is NCc1cnc(Cc2ccc(Br)cc2)s1. The standard InChI is InChI=1S/C11H11BrN2S/c12-9-3-1-8(2-4-9)5-11-14-7-10(6-13)15-11/h1-4,7H,5-6,13H2. The van der Waals surface area contributed by atoms with Crippen molar-refractivity contribution in [2.75, 3.05) is 0 Å². The van der Waals surface area contributed by atoms with Crippen LogP contribution < -0.4 is 5.73 Å². The van der Waals surface area contributed by atoms with Gasteiger partial charge >= 0.3 is 0 Å². The molecular formula is C11H11BrN2S. The average molecular weight is 283 g/mol. The summed E-state index contributed by atoms with van der Waals surface area (Å²) in [7, 11) is 0. The number of halogens is 1. The van der Waals surface area contributed by atoms with Gasteiger partial charge in [0.05, 0.1) is 5.01 Å². The third-order valence-electron chi connectivity index (χ3n) is 2.07. The van der Waals surface area contributed by atoms with Gasteiger partial charge in [0.1, 0.15) is 0 Å². The molecule has 0 unspecified atom stereocenters. The van der Waals surface area contributed by atoms with E-state index in [0.717, 1.165) is 20.8 Å². The Hall–Kier alpha value is -0.710. The lowest BCUT2D eigenvalue weighted by molar-refractivity contribution is 1.08. The molecule has 0 aliphatic carbocycles. The van der Waals surface area contributed by atoms with Crippen LogP contribution in [0.1, 0.15) is 15.4 Å². The van der Waals surface area contributed by atoms with E-state index in [4.69, 9.17) is 5.73 Å². The molecule has 0 saturated carbocycles. The van der Waals surface area contributed by atoms with Crippen molar-refractivity contribution in [2.24, 2.45) is 5.73 Å². The van der Waals surface area contributed by atoms with Gasteiger partial charge in [-0.2, -0.15) is 0 Å². The molecule has 1 aromatic heterocycles. The zero-order valence-corrected chi connectivity index (χ0v) is 10.5. The van der Waals surface area contributed by atoms with Crippen LogP contribution in [0.2, 0.25) is 0 Å². The van der Waals surface area contributed by atoms with Crippen molar-refractivity contribution >= 4 is 27.3 Å². The highest BCUT2D eigenvalue weighted by Gasteiger charge is 2.01. The van der Waals surface area contributed by atoms with Crippen LogP contribution >= 0.6 is 27.3 Å². The molecule has 0 atom stereocenters. The van der Waals surface area contributed by atoms with Gasteiger partial charge in [0.2, 0.25) is 0 Å². The van der Waals surface area contributed by atoms with E-state index in [1.165, 1.54) is 5.56 Å². The van der Waals surface area contributed by atoms with Crippen molar-refractivity contribution in [1.82, 2.24) is 4.98 Å². The molecule has 15 heavy (non-hydrogen) atoms. The first-order valence-electron chi connectivity index (χ1n) is 4.66. The predicted octanol–water partition coefficient (Wildman–Crippen LogP) is 2.96. The van der Waals surface area contributed by atoms with E-state index in [9.17, 15) is 0 Å². The third-order valence-corrected chi connectivity index (χ3v) is 3.62. The molecule has 4 heteroatoms. The third kappa shape index (κ3) is 2.87. The van der Waals surface area contributed by atoms with E-state index >= 15 is 0 Å². The lowest BCUT2D eigenvalue weighted by atomic mass is 10.2. The summed E-state index contributed by atoms with van der Waals surface area (Å²) in [5, 5.41) is 1.12. The van der Waals surface area contributed by atoms with Crippen LogP contribution in [0.25, 0.3) is 0 Å². The van der Waals surface area contributed by atoms with Crippen molar-refractivity contribution in [3.63, 3.8) is 0 Å². The largest absolute Gasteiger partial charge is 0.326 e. The van der Waals surface area contributed by atoms with Crippen LogP contribution in [-0.4, -0.2) is 4.98 Å². The Morgan fingerprint density at radius 1 is 1.27 bits per heavy atom. The fourth-order valence-electron chi connectivity index (χ4n) is 1.30. The molecule has 0 aliphatic rings. The molecule has 1 heterocycles. The van der Waals surface area contributed by atoms with E-state index in [-0.39, 0.29) is 0 Å². The first kappa shape index (κ1) is 10.8. The zero-order chi connectivity index (χ0) is 10.7. The van der Waals surface area contributed by atoms with Gasteiger partial charge in [-0.25, -0.2) is 4.98 Å². The highest BCUT2D eigenvalue weighted by Crippen LogP contribution is 2.18. The van der Waals surface area contributed by atoms with Gasteiger partial charge in [-0.05, 0) is 17.7 Å². The Kier molecular flexibility index (Phi) is 3.51. The summed E-state index contributed by atoms with van der Waals surface area (Å²) in [5.74, 6) is 0. The van der Waals surface area contributed by atoms with Crippen molar-refractivity contribution in [1.29, 1.82) is 0 Å². The molecule has 0 fully saturated rings. The summed E-state index contributed by atoms with van der Waals surface area (Å²) < 4.78 is 1.10. The number of nitrogens with zero attached hydrogens (tertiary/aromatic N) is 1. The number of hydrogen-bond donors (Lipinski definition) is 1. The van der Waals surface area contributed by atoms with Crippen LogP contribution in [0.5, 0.6) is 0 Å². The van der Waals surface area contributed by atoms with Gasteiger partial charge < -0.3 is 5.73 Å². The number of benzene rings is 1. The van der Waals surface area contributed by atoms with Gasteiger partial charge in [-0.1, -0.05) is 28.1 Å². The molecule has 2 N–H and O–H groups in total. The Labute approximate surface area is 101 Å². The molecular weight excluding hydrogens is 272 g/mol. The van der Waals surface area contributed by atoms with Crippen LogP contribution in [-0.2, 0) is 13.0 Å². The van der Waals surface area contributed by atoms with E-state index in [1.54, 1.807) is 11.3 Å². The van der Waals surface area contributed by atoms with Gasteiger partial charge in [0.15, 0.2) is 0 Å². The maximum Gasteiger partial charge on any atom is 0.0971 e. The Balaban J connectivity index is 2.11. The molecule has 0 bridgehead atoms. The lowest BCUT2D eigenvalue weighted by Crippen LogP contribution is -1.91. The number of nitrogens with two attached hydrogens (primary N) is 1. The van der Waals surface area contributed by atoms with Crippen LogP contribution in [0.15, 0.2) is 34.9 Å². The highest BCUT2D eigenvalue weighted by atomic mass is 79.9. The molecule has 78 valence electrons. The number of rotatable bonds is 3. The number of aromatic nitrogens is 1. The maximum atomic E-state index is 5.54. The molecule has 0 amide bonds. The molecule has 0 aliphatic heterocycles. The monoisotopic (exact) mass is 282 g/mol. The van der Waals surface area contributed by atoms with Crippen molar-refractivity contribution in [3.8, 4) is 0 Å². The quantitative estimate of drug-likeness (QED) is 0.940. The van der Waals surface area contributed by atoms with Crippen LogP contribution in [0.3, 0.4) is 0 Å². The summed E-state index contributed by atoms with van der Waals surface area (Å²) in [5.41, 5.74) is 6.81. The minimum atomic E-state index is 0.581. The normalized spacial score (nSPS) is 10.5. The molecule has 0 saturated heterocycles. The summed E-state index contributed by atoms with van der Waals surface area (Å²) in [6.07, 6.45) is 2.75. The maximum absolute atomic E-state index is 5.54. The zero-order valence-electron chi connectivity index (χ0n) is 8.11. The van der Waals surface area contributed by atoms with E-state index < -0.39 is 0 Å². The molecule has 2 nitrogen and oxygen atoms in total. The molecule has 2 aromatic rings. The van der Waals surface area contributed by atoms with Gasteiger partial charge in [-0.15, -0.1) is 11.3 Å². The van der Waals surface area contributed by atoms with Crippen LogP contribution in [0.4, 0.5) is 0 Å². The molecule has 0 spiro atoms. The fourth-order valence-corrected chi connectivity index (χ4v) is 2.40. The highest BCUT2D eigenvalue weighted by molar-refractivity contribution is 9.10. The second-order valence-corrected chi connectivity index (χ2v) is 5.34. The summed E-state index contributed by atoms with van der Waals surface area (Å²) in [6.45, 7) is 0.581. The predicted molar refractivity (Wildman–Crippen MR) is 67.0 cm³/mol. The molecule has 0 radical (unpaired) electrons. The topological polar surface area (TPSA) is 38.9 Å².